The molecule has 0 fully saturated rings. The van der Waals surface area contributed by atoms with Gasteiger partial charge in [0.2, 0.25) is 0 Å². The summed E-state index contributed by atoms with van der Waals surface area (Å²) in [6.07, 6.45) is 0. The zero-order valence-corrected chi connectivity index (χ0v) is 9.40. The number of hydrogen-bond acceptors (Lipinski definition) is 3. The van der Waals surface area contributed by atoms with Crippen molar-refractivity contribution in [1.29, 1.82) is 0 Å². The van der Waals surface area contributed by atoms with Gasteiger partial charge in [0.05, 0.1) is 5.69 Å². The number of rotatable bonds is 3. The van der Waals surface area contributed by atoms with E-state index in [0.717, 1.165) is 22.4 Å². The highest BCUT2D eigenvalue weighted by atomic mass is 16.5. The Hall–Kier alpha value is -2.14. The van der Waals surface area contributed by atoms with Gasteiger partial charge >= 0.3 is 0 Å². The lowest BCUT2D eigenvalue weighted by atomic mass is 10.2. The first kappa shape index (κ1) is 10.0. The van der Waals surface area contributed by atoms with Gasteiger partial charge in [0, 0.05) is 18.0 Å². The zero-order valence-electron chi connectivity index (χ0n) is 9.40. The lowest BCUT2D eigenvalue weighted by Gasteiger charge is -1.89. The van der Waals surface area contributed by atoms with E-state index in [4.69, 9.17) is 4.74 Å². The minimum absolute atomic E-state index is 0.438. The van der Waals surface area contributed by atoms with Gasteiger partial charge in [-0.2, -0.15) is 5.10 Å². The molecule has 0 radical (unpaired) electrons. The number of nitrogens with zero attached hydrogens (tertiary/aromatic N) is 2. The fourth-order valence-corrected chi connectivity index (χ4v) is 1.81. The van der Waals surface area contributed by atoms with E-state index < -0.39 is 0 Å². The molecule has 3 aromatic rings. The summed E-state index contributed by atoms with van der Waals surface area (Å²) < 4.78 is 4.99. The average Bonchev–Trinajstić information content (AvgIpc) is 2.94. The van der Waals surface area contributed by atoms with E-state index in [-0.39, 0.29) is 0 Å². The number of aromatic nitrogens is 4. The summed E-state index contributed by atoms with van der Waals surface area (Å²) in [5.41, 5.74) is 1.99. The number of benzene rings is 1. The van der Waals surface area contributed by atoms with E-state index in [9.17, 15) is 0 Å². The van der Waals surface area contributed by atoms with Crippen LogP contribution in [0.25, 0.3) is 22.4 Å². The summed E-state index contributed by atoms with van der Waals surface area (Å²) >= 11 is 0. The van der Waals surface area contributed by atoms with Crippen LogP contribution in [0.15, 0.2) is 30.3 Å². The minimum Gasteiger partial charge on any atom is -0.377 e. The molecule has 0 amide bonds. The second-order valence-electron chi connectivity index (χ2n) is 3.81. The van der Waals surface area contributed by atoms with Gasteiger partial charge in [0.25, 0.3) is 0 Å². The summed E-state index contributed by atoms with van der Waals surface area (Å²) in [5, 5.41) is 8.15. The summed E-state index contributed by atoms with van der Waals surface area (Å²) in [4.78, 5) is 7.62. The van der Waals surface area contributed by atoms with Gasteiger partial charge in [0.1, 0.15) is 6.61 Å². The molecule has 5 heteroatoms. The average molecular weight is 228 g/mol. The molecule has 0 saturated carbocycles. The van der Waals surface area contributed by atoms with Crippen molar-refractivity contribution in [1.82, 2.24) is 20.2 Å². The van der Waals surface area contributed by atoms with Gasteiger partial charge in [-0.3, -0.25) is 5.10 Å². The highest BCUT2D eigenvalue weighted by Gasteiger charge is 2.08. The van der Waals surface area contributed by atoms with Crippen LogP contribution in [0.3, 0.4) is 0 Å². The third-order valence-corrected chi connectivity index (χ3v) is 2.58. The summed E-state index contributed by atoms with van der Waals surface area (Å²) in [5.74, 6) is 1.38. The molecule has 0 aliphatic heterocycles. The quantitative estimate of drug-likeness (QED) is 0.721. The van der Waals surface area contributed by atoms with E-state index in [1.165, 1.54) is 0 Å². The predicted octanol–water partition coefficient (Wildman–Crippen LogP) is 2.10. The number of aromatic amines is 2. The Morgan fingerprint density at radius 3 is 3.00 bits per heavy atom. The Bertz CT molecular complexity index is 608. The maximum atomic E-state index is 4.99. The molecule has 1 aromatic carbocycles. The highest BCUT2D eigenvalue weighted by Crippen LogP contribution is 2.21. The molecular formula is C12H12N4O. The Balaban J connectivity index is 2.01. The van der Waals surface area contributed by atoms with Crippen molar-refractivity contribution in [2.24, 2.45) is 0 Å². The second-order valence-corrected chi connectivity index (χ2v) is 3.81. The Morgan fingerprint density at radius 1 is 1.29 bits per heavy atom. The first-order chi connectivity index (χ1) is 8.36. The number of nitrogens with one attached hydrogen (secondary N) is 2. The number of H-pyrrole nitrogens is 2. The molecule has 2 N–H and O–H groups in total. The zero-order chi connectivity index (χ0) is 11.7. The molecule has 3 rings (SSSR count). The van der Waals surface area contributed by atoms with E-state index in [0.29, 0.717) is 12.4 Å². The standard InChI is InChI=1S/C12H12N4O/c1-17-7-11-14-12(16-15-11)10-6-8-4-2-3-5-9(8)13-10/h2-6,13H,7H2,1H3,(H,14,15,16). The van der Waals surface area contributed by atoms with Gasteiger partial charge in [0.15, 0.2) is 11.6 Å². The predicted molar refractivity (Wildman–Crippen MR) is 64.4 cm³/mol. The van der Waals surface area contributed by atoms with Crippen LogP contribution in [0.2, 0.25) is 0 Å². The number of fused-ring (bicyclic) bond motifs is 1. The smallest absolute Gasteiger partial charge is 0.197 e. The Labute approximate surface area is 97.8 Å². The first-order valence-corrected chi connectivity index (χ1v) is 5.35. The monoisotopic (exact) mass is 228 g/mol. The van der Waals surface area contributed by atoms with Crippen molar-refractivity contribution < 1.29 is 4.74 Å². The molecule has 0 unspecified atom stereocenters. The van der Waals surface area contributed by atoms with Gasteiger partial charge < -0.3 is 9.72 Å². The molecule has 5 nitrogen and oxygen atoms in total. The maximum absolute atomic E-state index is 4.99. The molecule has 86 valence electrons. The van der Waals surface area contributed by atoms with Crippen LogP contribution in [0, 0.1) is 0 Å². The van der Waals surface area contributed by atoms with Crippen molar-refractivity contribution in [3.63, 3.8) is 0 Å². The second kappa shape index (κ2) is 4.03. The first-order valence-electron chi connectivity index (χ1n) is 5.35. The van der Waals surface area contributed by atoms with Crippen molar-refractivity contribution in [3.05, 3.63) is 36.2 Å². The van der Waals surface area contributed by atoms with Crippen LogP contribution in [-0.2, 0) is 11.3 Å². The van der Waals surface area contributed by atoms with E-state index in [2.05, 4.69) is 26.2 Å². The van der Waals surface area contributed by atoms with Gasteiger partial charge in [-0.1, -0.05) is 18.2 Å². The van der Waals surface area contributed by atoms with Crippen LogP contribution >= 0.6 is 0 Å². The van der Waals surface area contributed by atoms with Crippen molar-refractivity contribution >= 4 is 10.9 Å². The van der Waals surface area contributed by atoms with Crippen LogP contribution in [0.5, 0.6) is 0 Å². The van der Waals surface area contributed by atoms with Crippen LogP contribution in [-0.4, -0.2) is 27.3 Å². The molecule has 0 bridgehead atoms. The number of para-hydroxylation sites is 1. The maximum Gasteiger partial charge on any atom is 0.197 e. The van der Waals surface area contributed by atoms with Gasteiger partial charge in [-0.25, -0.2) is 4.98 Å². The summed E-state index contributed by atoms with van der Waals surface area (Å²) in [6.45, 7) is 0.438. The number of methoxy groups -OCH3 is 1. The molecule has 0 aliphatic rings. The molecular weight excluding hydrogens is 216 g/mol. The van der Waals surface area contributed by atoms with Crippen molar-refractivity contribution in [2.75, 3.05) is 7.11 Å². The lowest BCUT2D eigenvalue weighted by molar-refractivity contribution is 0.178. The fourth-order valence-electron chi connectivity index (χ4n) is 1.81. The van der Waals surface area contributed by atoms with E-state index in [1.54, 1.807) is 7.11 Å². The molecule has 0 spiro atoms. The van der Waals surface area contributed by atoms with Crippen molar-refractivity contribution in [2.45, 2.75) is 6.61 Å². The summed E-state index contributed by atoms with van der Waals surface area (Å²) in [6, 6.07) is 10.1. The SMILES string of the molecule is COCc1nc(-c2cc3ccccc3[nH]2)n[nH]1. The molecule has 0 saturated heterocycles. The highest BCUT2D eigenvalue weighted by molar-refractivity contribution is 5.84. The minimum atomic E-state index is 0.438. The normalized spacial score (nSPS) is 11.1. The lowest BCUT2D eigenvalue weighted by Crippen LogP contribution is -1.89. The third kappa shape index (κ3) is 1.81. The number of hydrogen-bond donors (Lipinski definition) is 2. The fraction of sp³-hybridized carbons (Fsp3) is 0.167. The van der Waals surface area contributed by atoms with Crippen LogP contribution in [0.4, 0.5) is 0 Å². The molecule has 2 aromatic heterocycles. The largest absolute Gasteiger partial charge is 0.377 e. The van der Waals surface area contributed by atoms with Crippen LogP contribution < -0.4 is 0 Å². The molecule has 17 heavy (non-hydrogen) atoms. The van der Waals surface area contributed by atoms with Gasteiger partial charge in [-0.15, -0.1) is 0 Å². The Morgan fingerprint density at radius 2 is 2.18 bits per heavy atom. The van der Waals surface area contributed by atoms with E-state index >= 15 is 0 Å². The van der Waals surface area contributed by atoms with Gasteiger partial charge in [-0.05, 0) is 12.1 Å². The topological polar surface area (TPSA) is 66.6 Å². The van der Waals surface area contributed by atoms with E-state index in [1.807, 2.05) is 24.3 Å². The molecule has 2 heterocycles. The molecule has 0 atom stereocenters. The summed E-state index contributed by atoms with van der Waals surface area (Å²) in [7, 11) is 1.63. The Kier molecular flexibility index (Phi) is 2.38. The van der Waals surface area contributed by atoms with Crippen molar-refractivity contribution in [3.8, 4) is 11.5 Å². The molecule has 0 aliphatic carbocycles. The number of ether oxygens (including phenoxy) is 1. The third-order valence-electron chi connectivity index (χ3n) is 2.58. The van der Waals surface area contributed by atoms with Crippen LogP contribution in [0.1, 0.15) is 5.82 Å².